The highest BCUT2D eigenvalue weighted by atomic mass is 32.1. The Balaban J connectivity index is 2.98. The molecule has 0 amide bonds. The van der Waals surface area contributed by atoms with Crippen LogP contribution in [0.15, 0.2) is 39.1 Å². The van der Waals surface area contributed by atoms with E-state index < -0.39 is 0 Å². The van der Waals surface area contributed by atoms with E-state index in [1.807, 2.05) is 12.1 Å². The fourth-order valence-electron chi connectivity index (χ4n) is 0.839. The lowest BCUT2D eigenvalue weighted by Crippen LogP contribution is -2.26. The van der Waals surface area contributed by atoms with Crippen molar-refractivity contribution in [1.82, 2.24) is 0 Å². The Morgan fingerprint density at radius 1 is 1.14 bits per heavy atom. The summed E-state index contributed by atoms with van der Waals surface area (Å²) in [4.78, 5) is 8.26. The van der Waals surface area contributed by atoms with Crippen molar-refractivity contribution in [3.63, 3.8) is 0 Å². The topological polar surface area (TPSA) is 103 Å². The van der Waals surface area contributed by atoms with E-state index in [1.54, 1.807) is 12.1 Å². The molecule has 0 fully saturated rings. The molecule has 74 valence electrons. The molecule has 0 atom stereocenters. The van der Waals surface area contributed by atoms with Crippen molar-refractivity contribution in [2.75, 3.05) is 0 Å². The van der Waals surface area contributed by atoms with Crippen molar-refractivity contribution >= 4 is 30.2 Å². The normalized spacial score (nSPS) is 11.1. The first kappa shape index (κ1) is 10.4. The molecule has 1 aromatic carbocycles. The van der Waals surface area contributed by atoms with Crippen molar-refractivity contribution in [3.05, 3.63) is 24.3 Å². The van der Waals surface area contributed by atoms with Gasteiger partial charge in [-0.05, 0) is 12.1 Å². The van der Waals surface area contributed by atoms with Crippen LogP contribution in [0.2, 0.25) is 0 Å². The minimum atomic E-state index is -0.122. The number of thiol groups is 1. The van der Waals surface area contributed by atoms with Gasteiger partial charge in [0.05, 0.1) is 5.69 Å². The van der Waals surface area contributed by atoms with Gasteiger partial charge in [0.2, 0.25) is 5.96 Å². The van der Waals surface area contributed by atoms with E-state index in [2.05, 4.69) is 22.6 Å². The number of guanidine groups is 2. The summed E-state index contributed by atoms with van der Waals surface area (Å²) in [7, 11) is 0. The molecule has 0 heterocycles. The largest absolute Gasteiger partial charge is 0.370 e. The van der Waals surface area contributed by atoms with Gasteiger partial charge in [0.25, 0.3) is 0 Å². The summed E-state index contributed by atoms with van der Waals surface area (Å²) in [6.45, 7) is 0. The molecule has 6 heteroatoms. The second-order valence-electron chi connectivity index (χ2n) is 2.50. The second-order valence-corrected chi connectivity index (χ2v) is 2.98. The Bertz CT molecular complexity index is 381. The molecule has 1 rings (SSSR count). The number of aliphatic imine (C=N–C) groups is 2. The molecule has 0 radical (unpaired) electrons. The maximum Gasteiger partial charge on any atom is 0.223 e. The lowest BCUT2D eigenvalue weighted by atomic mass is 10.3. The number of nitrogens with zero attached hydrogens (tertiary/aromatic N) is 2. The molecule has 6 N–H and O–H groups in total. The molecule has 0 aliphatic carbocycles. The molecule has 14 heavy (non-hydrogen) atoms. The minimum absolute atomic E-state index is 0.00602. The zero-order chi connectivity index (χ0) is 10.6. The maximum atomic E-state index is 5.44. The summed E-state index contributed by atoms with van der Waals surface area (Å²) in [5.74, 6) is -0.116. The molecule has 0 bridgehead atoms. The summed E-state index contributed by atoms with van der Waals surface area (Å²) in [6, 6.07) is 7.22. The van der Waals surface area contributed by atoms with E-state index in [0.29, 0.717) is 10.6 Å². The third kappa shape index (κ3) is 2.98. The van der Waals surface area contributed by atoms with Crippen LogP contribution in [-0.4, -0.2) is 11.9 Å². The van der Waals surface area contributed by atoms with Crippen LogP contribution in [0.3, 0.4) is 0 Å². The van der Waals surface area contributed by atoms with Gasteiger partial charge in [0.15, 0.2) is 5.96 Å². The highest BCUT2D eigenvalue weighted by Crippen LogP contribution is 2.21. The van der Waals surface area contributed by atoms with Crippen LogP contribution >= 0.6 is 12.6 Å². The predicted octanol–water partition coefficient (Wildman–Crippen LogP) is 0.195. The summed E-state index contributed by atoms with van der Waals surface area (Å²) >= 11 is 4.19. The van der Waals surface area contributed by atoms with Crippen LogP contribution in [0.5, 0.6) is 0 Å². The first-order valence-corrected chi connectivity index (χ1v) is 4.26. The number of rotatable bonds is 1. The molecule has 5 nitrogen and oxygen atoms in total. The van der Waals surface area contributed by atoms with E-state index >= 15 is 0 Å². The Hall–Kier alpha value is -1.69. The molecule has 0 aliphatic rings. The van der Waals surface area contributed by atoms with Gasteiger partial charge >= 0.3 is 0 Å². The smallest absolute Gasteiger partial charge is 0.223 e. The first-order chi connectivity index (χ1) is 6.59. The lowest BCUT2D eigenvalue weighted by Gasteiger charge is -1.98. The third-order valence-electron chi connectivity index (χ3n) is 1.36. The van der Waals surface area contributed by atoms with Gasteiger partial charge in [-0.15, -0.1) is 12.6 Å². The molecule has 0 spiro atoms. The monoisotopic (exact) mass is 209 g/mol. The average Bonchev–Trinajstić information content (AvgIpc) is 2.07. The molecule has 0 saturated carbocycles. The molecular weight excluding hydrogens is 198 g/mol. The first-order valence-electron chi connectivity index (χ1n) is 3.81. The van der Waals surface area contributed by atoms with Crippen molar-refractivity contribution < 1.29 is 0 Å². The summed E-state index contributed by atoms with van der Waals surface area (Å²) in [6.07, 6.45) is 0. The van der Waals surface area contributed by atoms with E-state index in [4.69, 9.17) is 17.2 Å². The van der Waals surface area contributed by atoms with Gasteiger partial charge < -0.3 is 17.2 Å². The number of hydrogen-bond donors (Lipinski definition) is 4. The minimum Gasteiger partial charge on any atom is -0.370 e. The van der Waals surface area contributed by atoms with Crippen molar-refractivity contribution in [3.8, 4) is 0 Å². The molecule has 1 aromatic rings. The van der Waals surface area contributed by atoms with Crippen molar-refractivity contribution in [2.24, 2.45) is 27.2 Å². The van der Waals surface area contributed by atoms with Crippen LogP contribution in [0.1, 0.15) is 0 Å². The number of benzene rings is 1. The molecule has 0 unspecified atom stereocenters. The third-order valence-corrected chi connectivity index (χ3v) is 1.74. The second kappa shape index (κ2) is 4.52. The number of para-hydroxylation sites is 1. The zero-order valence-corrected chi connectivity index (χ0v) is 8.28. The average molecular weight is 209 g/mol. The zero-order valence-electron chi connectivity index (χ0n) is 7.38. The maximum absolute atomic E-state index is 5.44. The quantitative estimate of drug-likeness (QED) is 0.301. The van der Waals surface area contributed by atoms with Gasteiger partial charge in [0, 0.05) is 4.90 Å². The van der Waals surface area contributed by atoms with E-state index in [0.717, 1.165) is 0 Å². The number of hydrogen-bond acceptors (Lipinski definition) is 2. The standard InChI is InChI=1S/C8H11N5S/c9-7(10)13-8(11)12-5-3-1-2-4-6(5)14/h1-4,14H,(H6,9,10,11,12,13). The van der Waals surface area contributed by atoms with Gasteiger partial charge in [-0.1, -0.05) is 12.1 Å². The Labute approximate surface area is 87.1 Å². The van der Waals surface area contributed by atoms with Crippen LogP contribution in [0, 0.1) is 0 Å². The van der Waals surface area contributed by atoms with E-state index in [1.165, 1.54) is 0 Å². The fraction of sp³-hybridized carbons (Fsp3) is 0. The predicted molar refractivity (Wildman–Crippen MR) is 60.8 cm³/mol. The Morgan fingerprint density at radius 2 is 1.79 bits per heavy atom. The highest BCUT2D eigenvalue weighted by Gasteiger charge is 1.96. The summed E-state index contributed by atoms with van der Waals surface area (Å²) < 4.78 is 0. The summed E-state index contributed by atoms with van der Waals surface area (Å²) in [5.41, 5.74) is 16.3. The van der Waals surface area contributed by atoms with Crippen LogP contribution < -0.4 is 17.2 Å². The highest BCUT2D eigenvalue weighted by molar-refractivity contribution is 7.80. The molecular formula is C8H11N5S. The Morgan fingerprint density at radius 3 is 2.36 bits per heavy atom. The van der Waals surface area contributed by atoms with Crippen LogP contribution in [-0.2, 0) is 0 Å². The fourth-order valence-corrected chi connectivity index (χ4v) is 1.05. The van der Waals surface area contributed by atoms with Crippen molar-refractivity contribution in [2.45, 2.75) is 4.90 Å². The van der Waals surface area contributed by atoms with Gasteiger partial charge in [-0.2, -0.15) is 4.99 Å². The van der Waals surface area contributed by atoms with Crippen molar-refractivity contribution in [1.29, 1.82) is 0 Å². The molecule has 0 aliphatic heterocycles. The molecule has 0 aromatic heterocycles. The molecule has 0 saturated heterocycles. The van der Waals surface area contributed by atoms with E-state index in [-0.39, 0.29) is 11.9 Å². The lowest BCUT2D eigenvalue weighted by molar-refractivity contribution is 1.33. The van der Waals surface area contributed by atoms with Gasteiger partial charge in [-0.25, -0.2) is 4.99 Å². The van der Waals surface area contributed by atoms with Crippen LogP contribution in [0.25, 0.3) is 0 Å². The number of nitrogens with two attached hydrogens (primary N) is 3. The van der Waals surface area contributed by atoms with Gasteiger partial charge in [0.1, 0.15) is 0 Å². The van der Waals surface area contributed by atoms with Gasteiger partial charge in [-0.3, -0.25) is 0 Å². The Kier molecular flexibility index (Phi) is 3.35. The SMILES string of the molecule is NC(N)=NC(N)=Nc1ccccc1S. The van der Waals surface area contributed by atoms with Crippen LogP contribution in [0.4, 0.5) is 5.69 Å². The summed E-state index contributed by atoms with van der Waals surface area (Å²) in [5, 5.41) is 0. The van der Waals surface area contributed by atoms with E-state index in [9.17, 15) is 0 Å².